The zero-order chi connectivity index (χ0) is 14.6. The Hall–Kier alpha value is -1.83. The van der Waals surface area contributed by atoms with Crippen molar-refractivity contribution in [3.8, 4) is 0 Å². The molecule has 2 rings (SSSR count). The summed E-state index contributed by atoms with van der Waals surface area (Å²) in [6.45, 7) is -0.105. The maximum Gasteiger partial charge on any atom is 0.241 e. The molecule has 0 aliphatic carbocycles. The van der Waals surface area contributed by atoms with Gasteiger partial charge in [-0.3, -0.25) is 4.98 Å². The van der Waals surface area contributed by atoms with Crippen LogP contribution in [0.1, 0.15) is 11.1 Å². The molecule has 7 heteroatoms. The number of aromatic nitrogens is 1. The standard InChI is InChI=1S/C13H14FN3O2S/c14-12-4-1-5-13(11(12)7-15)20(18,19)17-9-10-3-2-6-16-8-10/h1-6,8,17H,7,9,15H2. The largest absolute Gasteiger partial charge is 0.326 e. The summed E-state index contributed by atoms with van der Waals surface area (Å²) in [4.78, 5) is 3.76. The predicted octanol–water partition coefficient (Wildman–Crippen LogP) is 1.16. The lowest BCUT2D eigenvalue weighted by Gasteiger charge is -2.11. The molecule has 0 unspecified atom stereocenters. The van der Waals surface area contributed by atoms with Crippen LogP contribution in [0.15, 0.2) is 47.6 Å². The van der Waals surface area contributed by atoms with Crippen molar-refractivity contribution < 1.29 is 12.8 Å². The van der Waals surface area contributed by atoms with Gasteiger partial charge in [0.15, 0.2) is 0 Å². The third-order valence-electron chi connectivity index (χ3n) is 2.76. The predicted molar refractivity (Wildman–Crippen MR) is 72.6 cm³/mol. The van der Waals surface area contributed by atoms with Crippen LogP contribution in [-0.4, -0.2) is 13.4 Å². The fraction of sp³-hybridized carbons (Fsp3) is 0.154. The Morgan fingerprint density at radius 2 is 2.05 bits per heavy atom. The number of benzene rings is 1. The van der Waals surface area contributed by atoms with Gasteiger partial charge in [-0.05, 0) is 23.8 Å². The number of hydrogen-bond acceptors (Lipinski definition) is 4. The molecule has 3 N–H and O–H groups in total. The molecule has 0 saturated carbocycles. The second kappa shape index (κ2) is 6.08. The van der Waals surface area contributed by atoms with Crippen LogP contribution in [0.5, 0.6) is 0 Å². The summed E-state index contributed by atoms with van der Waals surface area (Å²) in [6.07, 6.45) is 3.15. The van der Waals surface area contributed by atoms with E-state index in [0.29, 0.717) is 5.56 Å². The lowest BCUT2D eigenvalue weighted by atomic mass is 10.2. The molecule has 20 heavy (non-hydrogen) atoms. The summed E-state index contributed by atoms with van der Waals surface area (Å²) in [5, 5.41) is 0. The molecule has 0 aliphatic rings. The molecule has 0 radical (unpaired) electrons. The van der Waals surface area contributed by atoms with E-state index in [4.69, 9.17) is 5.73 Å². The van der Waals surface area contributed by atoms with Gasteiger partial charge in [0.25, 0.3) is 0 Å². The van der Waals surface area contributed by atoms with E-state index >= 15 is 0 Å². The number of rotatable bonds is 5. The third-order valence-corrected chi connectivity index (χ3v) is 4.24. The summed E-state index contributed by atoms with van der Waals surface area (Å²) in [5.41, 5.74) is 6.10. The minimum absolute atomic E-state index is 0.0220. The van der Waals surface area contributed by atoms with E-state index in [-0.39, 0.29) is 23.5 Å². The number of sulfonamides is 1. The Kier molecular flexibility index (Phi) is 4.43. The number of pyridine rings is 1. The van der Waals surface area contributed by atoms with Crippen LogP contribution in [0, 0.1) is 5.82 Å². The first-order chi connectivity index (χ1) is 9.54. The van der Waals surface area contributed by atoms with Gasteiger partial charge in [0.05, 0.1) is 4.90 Å². The second-order valence-corrected chi connectivity index (χ2v) is 5.84. The van der Waals surface area contributed by atoms with Crippen LogP contribution in [0.3, 0.4) is 0 Å². The van der Waals surface area contributed by atoms with Crippen molar-refractivity contribution in [2.75, 3.05) is 0 Å². The van der Waals surface area contributed by atoms with Gasteiger partial charge in [0.2, 0.25) is 10.0 Å². The summed E-state index contributed by atoms with van der Waals surface area (Å²) < 4.78 is 40.3. The van der Waals surface area contributed by atoms with Crippen molar-refractivity contribution in [1.82, 2.24) is 9.71 Å². The van der Waals surface area contributed by atoms with Gasteiger partial charge in [0.1, 0.15) is 5.82 Å². The average Bonchev–Trinajstić information content (AvgIpc) is 2.46. The number of nitrogens with two attached hydrogens (primary N) is 1. The van der Waals surface area contributed by atoms with Gasteiger partial charge in [-0.15, -0.1) is 0 Å². The fourth-order valence-corrected chi connectivity index (χ4v) is 3.02. The third kappa shape index (κ3) is 3.19. The van der Waals surface area contributed by atoms with Crippen molar-refractivity contribution in [2.24, 2.45) is 5.73 Å². The highest BCUT2D eigenvalue weighted by molar-refractivity contribution is 7.89. The molecule has 1 aromatic heterocycles. The maximum absolute atomic E-state index is 13.6. The molecule has 0 spiro atoms. The van der Waals surface area contributed by atoms with Gasteiger partial charge in [-0.1, -0.05) is 12.1 Å². The van der Waals surface area contributed by atoms with E-state index in [2.05, 4.69) is 9.71 Å². The summed E-state index contributed by atoms with van der Waals surface area (Å²) in [6, 6.07) is 7.30. The SMILES string of the molecule is NCc1c(F)cccc1S(=O)(=O)NCc1cccnc1. The van der Waals surface area contributed by atoms with E-state index < -0.39 is 15.8 Å². The molecule has 0 saturated heterocycles. The summed E-state index contributed by atoms with van der Waals surface area (Å²) in [5.74, 6) is -0.628. The molecule has 2 aromatic rings. The van der Waals surface area contributed by atoms with Gasteiger partial charge < -0.3 is 5.73 Å². The minimum Gasteiger partial charge on any atom is -0.326 e. The molecule has 106 valence electrons. The normalized spacial score (nSPS) is 11.5. The monoisotopic (exact) mass is 295 g/mol. The van der Waals surface area contributed by atoms with Crippen molar-refractivity contribution in [2.45, 2.75) is 18.0 Å². The molecule has 5 nitrogen and oxygen atoms in total. The van der Waals surface area contributed by atoms with Crippen LogP contribution >= 0.6 is 0 Å². The molecule has 0 aliphatic heterocycles. The zero-order valence-electron chi connectivity index (χ0n) is 10.6. The Morgan fingerprint density at radius 1 is 1.25 bits per heavy atom. The second-order valence-electron chi connectivity index (χ2n) is 4.11. The van der Waals surface area contributed by atoms with Gasteiger partial charge in [-0.25, -0.2) is 17.5 Å². The van der Waals surface area contributed by atoms with Crippen LogP contribution in [0.4, 0.5) is 4.39 Å². The van der Waals surface area contributed by atoms with Crippen LogP contribution in [0.2, 0.25) is 0 Å². The van der Waals surface area contributed by atoms with Gasteiger partial charge in [0, 0.05) is 31.0 Å². The number of nitrogens with one attached hydrogen (secondary N) is 1. The molecule has 1 aromatic carbocycles. The summed E-state index contributed by atoms with van der Waals surface area (Å²) >= 11 is 0. The Bertz CT molecular complexity index is 690. The quantitative estimate of drug-likeness (QED) is 0.866. The molecule has 0 fully saturated rings. The van der Waals surface area contributed by atoms with E-state index in [1.807, 2.05) is 0 Å². The Morgan fingerprint density at radius 3 is 2.70 bits per heavy atom. The molecular weight excluding hydrogens is 281 g/mol. The first-order valence-electron chi connectivity index (χ1n) is 5.90. The van der Waals surface area contributed by atoms with Crippen molar-refractivity contribution >= 4 is 10.0 Å². The molecule has 1 heterocycles. The van der Waals surface area contributed by atoms with Crippen LogP contribution in [-0.2, 0) is 23.1 Å². The van der Waals surface area contributed by atoms with Crippen molar-refractivity contribution in [3.63, 3.8) is 0 Å². The molecular formula is C13H14FN3O2S. The van der Waals surface area contributed by atoms with Crippen molar-refractivity contribution in [1.29, 1.82) is 0 Å². The lowest BCUT2D eigenvalue weighted by Crippen LogP contribution is -2.25. The van der Waals surface area contributed by atoms with E-state index in [9.17, 15) is 12.8 Å². The topological polar surface area (TPSA) is 85.1 Å². The number of halogens is 1. The van der Waals surface area contributed by atoms with Gasteiger partial charge >= 0.3 is 0 Å². The van der Waals surface area contributed by atoms with Crippen LogP contribution < -0.4 is 10.5 Å². The highest BCUT2D eigenvalue weighted by Crippen LogP contribution is 2.18. The highest BCUT2D eigenvalue weighted by Gasteiger charge is 2.19. The Labute approximate surface area is 116 Å². The van der Waals surface area contributed by atoms with E-state index in [0.717, 1.165) is 0 Å². The number of hydrogen-bond donors (Lipinski definition) is 2. The van der Waals surface area contributed by atoms with Gasteiger partial charge in [-0.2, -0.15) is 0 Å². The van der Waals surface area contributed by atoms with E-state index in [1.54, 1.807) is 24.5 Å². The maximum atomic E-state index is 13.6. The number of nitrogens with zero attached hydrogens (tertiary/aromatic N) is 1. The fourth-order valence-electron chi connectivity index (χ4n) is 1.75. The molecule has 0 atom stereocenters. The zero-order valence-corrected chi connectivity index (χ0v) is 11.4. The smallest absolute Gasteiger partial charge is 0.241 e. The summed E-state index contributed by atoms with van der Waals surface area (Å²) in [7, 11) is -3.82. The van der Waals surface area contributed by atoms with Crippen molar-refractivity contribution in [3.05, 3.63) is 59.7 Å². The van der Waals surface area contributed by atoms with E-state index in [1.165, 1.54) is 18.2 Å². The highest BCUT2D eigenvalue weighted by atomic mass is 32.2. The Balaban J connectivity index is 2.25. The first kappa shape index (κ1) is 14.6. The minimum atomic E-state index is -3.82. The first-order valence-corrected chi connectivity index (χ1v) is 7.39. The lowest BCUT2D eigenvalue weighted by molar-refractivity contribution is 0.571. The average molecular weight is 295 g/mol. The van der Waals surface area contributed by atoms with Crippen LogP contribution in [0.25, 0.3) is 0 Å². The molecule has 0 amide bonds. The molecule has 0 bridgehead atoms.